The highest BCUT2D eigenvalue weighted by Gasteiger charge is 2.24. The molecule has 3 rings (SSSR count). The molecule has 3 nitrogen and oxygen atoms in total. The fraction of sp³-hybridized carbons (Fsp3) is 0.235. The van der Waals surface area contributed by atoms with E-state index < -0.39 is 5.54 Å². The van der Waals surface area contributed by atoms with E-state index in [2.05, 4.69) is 29.7 Å². The number of aryl methyl sites for hydroxylation is 1. The van der Waals surface area contributed by atoms with Crippen molar-refractivity contribution < 1.29 is 0 Å². The van der Waals surface area contributed by atoms with Crippen LogP contribution < -0.4 is 5.73 Å². The lowest BCUT2D eigenvalue weighted by molar-refractivity contribution is 0.472. The first-order chi connectivity index (χ1) is 9.58. The number of hydrogen-bond donors (Lipinski definition) is 1. The second-order valence-electron chi connectivity index (χ2n) is 5.54. The number of nitrogens with zero attached hydrogens (tertiary/aromatic N) is 2. The molecule has 0 amide bonds. The number of hydrogen-bond acceptors (Lipinski definition) is 2. The second-order valence-corrected chi connectivity index (χ2v) is 5.54. The number of nitrogens with two attached hydrogens (primary N) is 1. The molecule has 0 saturated heterocycles. The molecule has 1 atom stereocenters. The van der Waals surface area contributed by atoms with Gasteiger partial charge in [0.05, 0.1) is 11.0 Å². The van der Waals surface area contributed by atoms with Crippen LogP contribution in [0.25, 0.3) is 11.0 Å². The van der Waals surface area contributed by atoms with Crippen LogP contribution in [0.2, 0.25) is 0 Å². The molecule has 0 aliphatic heterocycles. The van der Waals surface area contributed by atoms with Crippen LogP contribution in [-0.2, 0) is 19.0 Å². The highest BCUT2D eigenvalue weighted by Crippen LogP contribution is 2.24. The van der Waals surface area contributed by atoms with Gasteiger partial charge in [-0.05, 0) is 24.6 Å². The van der Waals surface area contributed by atoms with Crippen molar-refractivity contribution in [2.24, 2.45) is 12.8 Å². The molecule has 1 aromatic heterocycles. The molecule has 102 valence electrons. The summed E-state index contributed by atoms with van der Waals surface area (Å²) in [5.74, 6) is 1.01. The molecule has 0 saturated carbocycles. The van der Waals surface area contributed by atoms with Crippen molar-refractivity contribution in [2.75, 3.05) is 0 Å². The Labute approximate surface area is 119 Å². The maximum atomic E-state index is 6.51. The largest absolute Gasteiger partial charge is 0.331 e. The monoisotopic (exact) mass is 265 g/mol. The normalized spacial score (nSPS) is 14.3. The van der Waals surface area contributed by atoms with Gasteiger partial charge < -0.3 is 10.3 Å². The molecular formula is C17H19N3. The molecule has 0 radical (unpaired) electrons. The predicted octanol–water partition coefficient (Wildman–Crippen LogP) is 2.99. The SMILES string of the molecule is Cn1c(CC(C)(N)c2ccccc2)nc2ccccc21. The summed E-state index contributed by atoms with van der Waals surface area (Å²) in [6.45, 7) is 2.06. The van der Waals surface area contributed by atoms with Crippen LogP contribution >= 0.6 is 0 Å². The van der Waals surface area contributed by atoms with E-state index >= 15 is 0 Å². The lowest BCUT2D eigenvalue weighted by Crippen LogP contribution is -2.36. The molecule has 2 N–H and O–H groups in total. The van der Waals surface area contributed by atoms with E-state index in [1.165, 1.54) is 0 Å². The number of para-hydroxylation sites is 2. The van der Waals surface area contributed by atoms with Crippen LogP contribution in [0.5, 0.6) is 0 Å². The molecule has 1 heterocycles. The first-order valence-electron chi connectivity index (χ1n) is 6.83. The van der Waals surface area contributed by atoms with Crippen molar-refractivity contribution in [1.29, 1.82) is 0 Å². The van der Waals surface area contributed by atoms with Crippen LogP contribution in [-0.4, -0.2) is 9.55 Å². The van der Waals surface area contributed by atoms with Gasteiger partial charge in [0.2, 0.25) is 0 Å². The number of benzene rings is 2. The molecule has 1 unspecified atom stereocenters. The number of fused-ring (bicyclic) bond motifs is 1. The minimum Gasteiger partial charge on any atom is -0.331 e. The zero-order valence-corrected chi connectivity index (χ0v) is 11.9. The number of rotatable bonds is 3. The van der Waals surface area contributed by atoms with Gasteiger partial charge in [-0.15, -0.1) is 0 Å². The van der Waals surface area contributed by atoms with Crippen molar-refractivity contribution in [3.8, 4) is 0 Å². The second kappa shape index (κ2) is 4.76. The highest BCUT2D eigenvalue weighted by atomic mass is 15.1. The van der Waals surface area contributed by atoms with Gasteiger partial charge in [-0.1, -0.05) is 42.5 Å². The third kappa shape index (κ3) is 2.21. The summed E-state index contributed by atoms with van der Waals surface area (Å²) in [6, 6.07) is 18.4. The van der Waals surface area contributed by atoms with Crippen LogP contribution in [0.15, 0.2) is 54.6 Å². The topological polar surface area (TPSA) is 43.8 Å². The maximum absolute atomic E-state index is 6.51. The van der Waals surface area contributed by atoms with E-state index in [4.69, 9.17) is 10.7 Å². The van der Waals surface area contributed by atoms with Crippen LogP contribution in [0, 0.1) is 0 Å². The fourth-order valence-electron chi connectivity index (χ4n) is 2.60. The minimum atomic E-state index is -0.420. The lowest BCUT2D eigenvalue weighted by atomic mass is 9.89. The average molecular weight is 265 g/mol. The third-order valence-corrected chi connectivity index (χ3v) is 3.84. The summed E-state index contributed by atoms with van der Waals surface area (Å²) in [4.78, 5) is 4.71. The molecule has 3 heteroatoms. The summed E-state index contributed by atoms with van der Waals surface area (Å²) in [5.41, 5.74) is 9.39. The Morgan fingerprint density at radius 3 is 2.40 bits per heavy atom. The Bertz CT molecular complexity index is 726. The summed E-state index contributed by atoms with van der Waals surface area (Å²) < 4.78 is 2.13. The quantitative estimate of drug-likeness (QED) is 0.791. The molecular weight excluding hydrogens is 246 g/mol. The van der Waals surface area contributed by atoms with Gasteiger partial charge in [-0.2, -0.15) is 0 Å². The zero-order chi connectivity index (χ0) is 14.2. The molecule has 20 heavy (non-hydrogen) atoms. The van der Waals surface area contributed by atoms with E-state index in [1.54, 1.807) is 0 Å². The van der Waals surface area contributed by atoms with Gasteiger partial charge in [0, 0.05) is 19.0 Å². The first kappa shape index (κ1) is 12.9. The van der Waals surface area contributed by atoms with Crippen LogP contribution in [0.1, 0.15) is 18.3 Å². The van der Waals surface area contributed by atoms with E-state index in [1.807, 2.05) is 43.4 Å². The minimum absolute atomic E-state index is 0.420. The Balaban J connectivity index is 1.99. The number of aromatic nitrogens is 2. The van der Waals surface area contributed by atoms with Gasteiger partial charge in [0.25, 0.3) is 0 Å². The fourth-order valence-corrected chi connectivity index (χ4v) is 2.60. The molecule has 0 fully saturated rings. The molecule has 0 aliphatic carbocycles. The number of imidazole rings is 1. The zero-order valence-electron chi connectivity index (χ0n) is 11.9. The van der Waals surface area contributed by atoms with Crippen LogP contribution in [0.4, 0.5) is 0 Å². The summed E-state index contributed by atoms with van der Waals surface area (Å²) in [6.07, 6.45) is 0.711. The Morgan fingerprint density at radius 2 is 1.70 bits per heavy atom. The van der Waals surface area contributed by atoms with Gasteiger partial charge in [0.1, 0.15) is 5.82 Å². The van der Waals surface area contributed by atoms with E-state index in [0.29, 0.717) is 6.42 Å². The summed E-state index contributed by atoms with van der Waals surface area (Å²) in [7, 11) is 2.05. The predicted molar refractivity (Wildman–Crippen MR) is 82.4 cm³/mol. The van der Waals surface area contributed by atoms with E-state index in [-0.39, 0.29) is 0 Å². The maximum Gasteiger partial charge on any atom is 0.111 e. The molecule has 0 spiro atoms. The van der Waals surface area contributed by atoms with E-state index in [0.717, 1.165) is 22.4 Å². The molecule has 0 bridgehead atoms. The van der Waals surface area contributed by atoms with Crippen molar-refractivity contribution >= 4 is 11.0 Å². The summed E-state index contributed by atoms with van der Waals surface area (Å²) in [5, 5.41) is 0. The lowest BCUT2D eigenvalue weighted by Gasteiger charge is -2.24. The smallest absolute Gasteiger partial charge is 0.111 e. The summed E-state index contributed by atoms with van der Waals surface area (Å²) >= 11 is 0. The molecule has 3 aromatic rings. The van der Waals surface area contributed by atoms with Crippen molar-refractivity contribution in [3.63, 3.8) is 0 Å². The molecule has 0 aliphatic rings. The van der Waals surface area contributed by atoms with E-state index in [9.17, 15) is 0 Å². The average Bonchev–Trinajstić information content (AvgIpc) is 2.76. The Hall–Kier alpha value is -2.13. The van der Waals surface area contributed by atoms with Gasteiger partial charge >= 0.3 is 0 Å². The van der Waals surface area contributed by atoms with Crippen molar-refractivity contribution in [1.82, 2.24) is 9.55 Å². The third-order valence-electron chi connectivity index (χ3n) is 3.84. The van der Waals surface area contributed by atoms with Crippen LogP contribution in [0.3, 0.4) is 0 Å². The Morgan fingerprint density at radius 1 is 1.05 bits per heavy atom. The van der Waals surface area contributed by atoms with Gasteiger partial charge in [0.15, 0.2) is 0 Å². The first-order valence-corrected chi connectivity index (χ1v) is 6.83. The molecule has 2 aromatic carbocycles. The Kier molecular flexibility index (Phi) is 3.07. The van der Waals surface area contributed by atoms with Gasteiger partial charge in [-0.3, -0.25) is 0 Å². The standard InChI is InChI=1S/C17H19N3/c1-17(18,13-8-4-3-5-9-13)12-16-19-14-10-6-7-11-15(14)20(16)2/h3-11H,12,18H2,1-2H3. The van der Waals surface area contributed by atoms with Gasteiger partial charge in [-0.25, -0.2) is 4.98 Å². The van der Waals surface area contributed by atoms with Crippen molar-refractivity contribution in [3.05, 3.63) is 66.0 Å². The highest BCUT2D eigenvalue weighted by molar-refractivity contribution is 5.75. The van der Waals surface area contributed by atoms with Crippen molar-refractivity contribution in [2.45, 2.75) is 18.9 Å².